The summed E-state index contributed by atoms with van der Waals surface area (Å²) >= 11 is 1.33. The summed E-state index contributed by atoms with van der Waals surface area (Å²) in [6.07, 6.45) is 0. The Balaban J connectivity index is 2.09. The van der Waals surface area contributed by atoms with Crippen molar-refractivity contribution in [3.8, 4) is 17.0 Å². The van der Waals surface area contributed by atoms with Crippen LogP contribution in [0.25, 0.3) is 22.2 Å². The van der Waals surface area contributed by atoms with E-state index in [4.69, 9.17) is 4.74 Å². The fourth-order valence-electron chi connectivity index (χ4n) is 3.61. The number of aryl methyl sites for hydroxylation is 1. The third-order valence-electron chi connectivity index (χ3n) is 4.57. The molecule has 1 aliphatic rings. The van der Waals surface area contributed by atoms with Crippen molar-refractivity contribution in [1.82, 2.24) is 4.57 Å². The molecule has 134 valence electrons. The lowest BCUT2D eigenvalue weighted by Gasteiger charge is -2.23. The monoisotopic (exact) mass is 371 g/mol. The number of nitrogens with zero attached hydrogens (tertiary/aromatic N) is 1. The van der Waals surface area contributed by atoms with Crippen LogP contribution in [0.5, 0.6) is 5.75 Å². The largest absolute Gasteiger partial charge is 0.494 e. The Labute approximate surface area is 154 Å². The van der Waals surface area contributed by atoms with Crippen molar-refractivity contribution in [2.45, 2.75) is 23.6 Å². The normalized spacial score (nSPS) is 15.5. The molecule has 1 unspecified atom stereocenters. The summed E-state index contributed by atoms with van der Waals surface area (Å²) < 4.78 is 20.8. The van der Waals surface area contributed by atoms with Gasteiger partial charge in [-0.3, -0.25) is 4.79 Å². The Bertz CT molecular complexity index is 998. The summed E-state index contributed by atoms with van der Waals surface area (Å²) in [5.74, 6) is -0.208. The summed E-state index contributed by atoms with van der Waals surface area (Å²) in [6.45, 7) is 2.10. The van der Waals surface area contributed by atoms with Crippen molar-refractivity contribution in [1.29, 1.82) is 0 Å². The van der Waals surface area contributed by atoms with Gasteiger partial charge < -0.3 is 14.4 Å². The number of fused-ring (bicyclic) bond motifs is 5. The number of aliphatic carboxylic acids is 1. The molecule has 4 nitrogen and oxygen atoms in total. The number of carboxylic acid groups (broad SMARTS) is 1. The highest BCUT2D eigenvalue weighted by molar-refractivity contribution is 8.00. The molecule has 3 aromatic rings. The topological polar surface area (TPSA) is 51.5 Å². The van der Waals surface area contributed by atoms with E-state index >= 15 is 0 Å². The number of ether oxygens (including phenoxy) is 1. The van der Waals surface area contributed by atoms with Crippen LogP contribution in [0, 0.1) is 0 Å². The van der Waals surface area contributed by atoms with Gasteiger partial charge in [-0.05, 0) is 31.2 Å². The molecule has 0 bridgehead atoms. The number of benzene rings is 2. The summed E-state index contributed by atoms with van der Waals surface area (Å²) in [4.78, 5) is 12.9. The molecule has 0 amide bonds. The predicted molar refractivity (Wildman–Crippen MR) is 101 cm³/mol. The van der Waals surface area contributed by atoms with Crippen LogP contribution in [0.4, 0.5) is 4.39 Å². The SMILES string of the molecule is CCOc1ccc2c(c1)c1c(n2CCF)-c2ccccc2SC1C(=O)O. The predicted octanol–water partition coefficient (Wildman–Crippen LogP) is 4.91. The van der Waals surface area contributed by atoms with E-state index in [1.807, 2.05) is 54.0 Å². The zero-order valence-corrected chi connectivity index (χ0v) is 15.1. The number of rotatable bonds is 5. The lowest BCUT2D eigenvalue weighted by Crippen LogP contribution is -2.14. The quantitative estimate of drug-likeness (QED) is 0.692. The summed E-state index contributed by atoms with van der Waals surface area (Å²) in [5, 5.41) is 9.92. The van der Waals surface area contributed by atoms with Crippen molar-refractivity contribution in [3.63, 3.8) is 0 Å². The molecule has 0 saturated carbocycles. The van der Waals surface area contributed by atoms with Crippen LogP contribution >= 0.6 is 11.8 Å². The summed E-state index contributed by atoms with van der Waals surface area (Å²) in [6, 6.07) is 13.3. The molecule has 2 heterocycles. The van der Waals surface area contributed by atoms with Crippen LogP contribution < -0.4 is 4.74 Å². The highest BCUT2D eigenvalue weighted by atomic mass is 32.2. The number of carboxylic acids is 1. The first-order valence-electron chi connectivity index (χ1n) is 8.49. The molecule has 1 aromatic heterocycles. The molecule has 1 aliphatic heterocycles. The number of hydrogen-bond acceptors (Lipinski definition) is 3. The number of alkyl halides is 1. The number of aromatic nitrogens is 1. The Morgan fingerprint density at radius 3 is 2.85 bits per heavy atom. The molecule has 6 heteroatoms. The highest BCUT2D eigenvalue weighted by Crippen LogP contribution is 2.52. The average Bonchev–Trinajstić information content (AvgIpc) is 2.96. The lowest BCUT2D eigenvalue weighted by molar-refractivity contribution is -0.136. The Kier molecular flexibility index (Phi) is 4.36. The maximum Gasteiger partial charge on any atom is 0.321 e. The second-order valence-corrected chi connectivity index (χ2v) is 7.19. The fraction of sp³-hybridized carbons (Fsp3) is 0.250. The van der Waals surface area contributed by atoms with E-state index in [2.05, 4.69) is 0 Å². The smallest absolute Gasteiger partial charge is 0.321 e. The van der Waals surface area contributed by atoms with Gasteiger partial charge in [-0.2, -0.15) is 0 Å². The van der Waals surface area contributed by atoms with Gasteiger partial charge in [0.15, 0.2) is 0 Å². The second kappa shape index (κ2) is 6.68. The molecule has 1 N–H and O–H groups in total. The molecule has 0 spiro atoms. The minimum Gasteiger partial charge on any atom is -0.494 e. The number of thioether (sulfide) groups is 1. The van der Waals surface area contributed by atoms with Gasteiger partial charge in [0.1, 0.15) is 17.7 Å². The van der Waals surface area contributed by atoms with Crippen LogP contribution in [0.15, 0.2) is 47.4 Å². The van der Waals surface area contributed by atoms with Gasteiger partial charge >= 0.3 is 5.97 Å². The third kappa shape index (κ3) is 2.56. The molecule has 26 heavy (non-hydrogen) atoms. The summed E-state index contributed by atoms with van der Waals surface area (Å²) in [5.41, 5.74) is 3.31. The molecule has 0 fully saturated rings. The van der Waals surface area contributed by atoms with Gasteiger partial charge in [-0.1, -0.05) is 18.2 Å². The van der Waals surface area contributed by atoms with Gasteiger partial charge in [-0.25, -0.2) is 4.39 Å². The molecule has 0 radical (unpaired) electrons. The van der Waals surface area contributed by atoms with Gasteiger partial charge in [0, 0.05) is 26.9 Å². The van der Waals surface area contributed by atoms with Crippen molar-refractivity contribution >= 4 is 28.6 Å². The molecular weight excluding hydrogens is 353 g/mol. The standard InChI is InChI=1S/C20H18FNO3S/c1-2-25-12-7-8-15-14(11-12)17-18(22(15)10-9-21)13-5-3-4-6-16(13)26-19(17)20(23)24/h3-8,11,19H,2,9-10H2,1H3,(H,23,24). The van der Waals surface area contributed by atoms with Gasteiger partial charge in [0.25, 0.3) is 0 Å². The third-order valence-corrected chi connectivity index (χ3v) is 5.85. The minimum atomic E-state index is -0.896. The van der Waals surface area contributed by atoms with E-state index in [1.165, 1.54) is 11.8 Å². The molecule has 0 saturated heterocycles. The zero-order chi connectivity index (χ0) is 18.3. The van der Waals surface area contributed by atoms with Gasteiger partial charge in [-0.15, -0.1) is 11.8 Å². The second-order valence-electron chi connectivity index (χ2n) is 6.05. The Morgan fingerprint density at radius 2 is 2.12 bits per heavy atom. The molecule has 2 aromatic carbocycles. The van der Waals surface area contributed by atoms with E-state index < -0.39 is 17.9 Å². The first kappa shape index (κ1) is 17.0. The zero-order valence-electron chi connectivity index (χ0n) is 14.2. The van der Waals surface area contributed by atoms with Crippen LogP contribution in [0.1, 0.15) is 17.7 Å². The number of halogens is 1. The maximum absolute atomic E-state index is 13.3. The molecule has 0 aliphatic carbocycles. The highest BCUT2D eigenvalue weighted by Gasteiger charge is 2.35. The van der Waals surface area contributed by atoms with E-state index in [1.54, 1.807) is 0 Å². The van der Waals surface area contributed by atoms with Gasteiger partial charge in [0.2, 0.25) is 0 Å². The van der Waals surface area contributed by atoms with E-state index in [-0.39, 0.29) is 6.54 Å². The van der Waals surface area contributed by atoms with Crippen LogP contribution in [-0.2, 0) is 11.3 Å². The van der Waals surface area contributed by atoms with Crippen molar-refractivity contribution in [3.05, 3.63) is 48.0 Å². The minimum absolute atomic E-state index is 0.186. The van der Waals surface area contributed by atoms with E-state index in [9.17, 15) is 14.3 Å². The average molecular weight is 371 g/mol. The summed E-state index contributed by atoms with van der Waals surface area (Å²) in [7, 11) is 0. The Hall–Kier alpha value is -2.47. The maximum atomic E-state index is 13.3. The van der Waals surface area contributed by atoms with Crippen molar-refractivity contribution in [2.75, 3.05) is 13.3 Å². The molecular formula is C20H18FNO3S. The van der Waals surface area contributed by atoms with Crippen molar-refractivity contribution in [2.24, 2.45) is 0 Å². The lowest BCUT2D eigenvalue weighted by atomic mass is 10.0. The van der Waals surface area contributed by atoms with Crippen LogP contribution in [0.3, 0.4) is 0 Å². The first-order chi connectivity index (χ1) is 12.7. The van der Waals surface area contributed by atoms with Crippen molar-refractivity contribution < 1.29 is 19.0 Å². The van der Waals surface area contributed by atoms with Crippen LogP contribution in [-0.4, -0.2) is 28.9 Å². The van der Waals surface area contributed by atoms with Gasteiger partial charge in [0.05, 0.1) is 18.8 Å². The molecule has 4 rings (SSSR count). The van der Waals surface area contributed by atoms with E-state index in [0.717, 1.165) is 32.6 Å². The fourth-order valence-corrected chi connectivity index (χ4v) is 4.77. The number of carbonyl (C=O) groups is 1. The first-order valence-corrected chi connectivity index (χ1v) is 9.37. The number of hydrogen-bond donors (Lipinski definition) is 1. The van der Waals surface area contributed by atoms with E-state index in [0.29, 0.717) is 12.4 Å². The molecule has 1 atom stereocenters. The van der Waals surface area contributed by atoms with Crippen LogP contribution in [0.2, 0.25) is 0 Å². The Morgan fingerprint density at radius 1 is 1.31 bits per heavy atom.